The first kappa shape index (κ1) is 8.65. The first-order chi connectivity index (χ1) is 6.74. The van der Waals surface area contributed by atoms with E-state index in [0.29, 0.717) is 0 Å². The average Bonchev–Trinajstić information content (AvgIpc) is 2.66. The van der Waals surface area contributed by atoms with Crippen molar-refractivity contribution in [2.24, 2.45) is 17.8 Å². The van der Waals surface area contributed by atoms with Crippen LogP contribution in [0.2, 0.25) is 0 Å². The normalized spacial score (nSPS) is 34.5. The van der Waals surface area contributed by atoms with Gasteiger partial charge in [0.2, 0.25) is 0 Å². The van der Waals surface area contributed by atoms with E-state index in [1.165, 1.54) is 19.3 Å². The number of aromatic amines is 1. The van der Waals surface area contributed by atoms with Crippen LogP contribution in [0.5, 0.6) is 0 Å². The Labute approximate surface area is 88.5 Å². The van der Waals surface area contributed by atoms with Crippen molar-refractivity contribution in [2.45, 2.75) is 32.7 Å². The summed E-state index contributed by atoms with van der Waals surface area (Å²) >= 11 is 5.19. The van der Waals surface area contributed by atoms with Gasteiger partial charge in [-0.25, -0.2) is 0 Å². The van der Waals surface area contributed by atoms with Crippen molar-refractivity contribution in [1.82, 2.24) is 14.8 Å². The van der Waals surface area contributed by atoms with E-state index >= 15 is 0 Å². The number of nitrogens with one attached hydrogen (secondary N) is 1. The molecule has 2 atom stereocenters. The van der Waals surface area contributed by atoms with Gasteiger partial charge in [0.15, 0.2) is 4.77 Å². The van der Waals surface area contributed by atoms with Crippen molar-refractivity contribution >= 4 is 12.2 Å². The maximum absolute atomic E-state index is 5.19. The predicted octanol–water partition coefficient (Wildman–Crippen LogP) is 2.30. The summed E-state index contributed by atoms with van der Waals surface area (Å²) in [5.74, 6) is 3.99. The highest BCUT2D eigenvalue weighted by atomic mass is 32.1. The summed E-state index contributed by atoms with van der Waals surface area (Å²) in [5.41, 5.74) is 0. The van der Waals surface area contributed by atoms with Gasteiger partial charge in [-0.2, -0.15) is 5.10 Å². The van der Waals surface area contributed by atoms with Crippen LogP contribution >= 0.6 is 12.2 Å². The molecular formula is C10H15N3S. The van der Waals surface area contributed by atoms with Crippen molar-refractivity contribution in [3.63, 3.8) is 0 Å². The summed E-state index contributed by atoms with van der Waals surface area (Å²) in [6.07, 6.45) is 4.32. The zero-order valence-corrected chi connectivity index (χ0v) is 9.18. The van der Waals surface area contributed by atoms with Gasteiger partial charge in [0, 0.05) is 6.54 Å². The maximum atomic E-state index is 5.19. The molecule has 1 N–H and O–H groups in total. The lowest BCUT2D eigenvalue weighted by atomic mass is 10.0. The molecule has 76 valence electrons. The average molecular weight is 209 g/mol. The molecule has 0 saturated heterocycles. The van der Waals surface area contributed by atoms with E-state index < -0.39 is 0 Å². The fraction of sp³-hybridized carbons (Fsp3) is 0.800. The van der Waals surface area contributed by atoms with Crippen LogP contribution in [0, 0.1) is 29.4 Å². The first-order valence-electron chi connectivity index (χ1n) is 5.36. The zero-order valence-electron chi connectivity index (χ0n) is 8.36. The molecule has 0 aromatic carbocycles. The van der Waals surface area contributed by atoms with Gasteiger partial charge in [-0.1, -0.05) is 0 Å². The van der Waals surface area contributed by atoms with Crippen molar-refractivity contribution < 1.29 is 0 Å². The van der Waals surface area contributed by atoms with Gasteiger partial charge in [0.1, 0.15) is 5.82 Å². The molecule has 0 aliphatic heterocycles. The molecule has 2 aliphatic carbocycles. The molecule has 4 heteroatoms. The Balaban J connectivity index is 1.75. The third-order valence-electron chi connectivity index (χ3n) is 3.73. The van der Waals surface area contributed by atoms with E-state index in [0.717, 1.165) is 34.9 Å². The Bertz CT molecular complexity index is 396. The summed E-state index contributed by atoms with van der Waals surface area (Å²) in [5, 5.41) is 6.98. The third-order valence-corrected chi connectivity index (χ3v) is 4.04. The molecule has 2 fully saturated rings. The number of nitrogens with zero attached hydrogens (tertiary/aromatic N) is 2. The smallest absolute Gasteiger partial charge is 0.195 e. The largest absolute Gasteiger partial charge is 0.304 e. The van der Waals surface area contributed by atoms with Crippen LogP contribution in [-0.2, 0) is 6.54 Å². The van der Waals surface area contributed by atoms with Gasteiger partial charge in [-0.05, 0) is 56.2 Å². The molecule has 3 rings (SSSR count). The third kappa shape index (κ3) is 1.32. The maximum Gasteiger partial charge on any atom is 0.195 e. The number of fused-ring (bicyclic) bond motifs is 1. The molecule has 1 aromatic heterocycles. The molecule has 14 heavy (non-hydrogen) atoms. The molecule has 0 amide bonds. The Kier molecular flexibility index (Phi) is 1.81. The number of hydrogen-bond donors (Lipinski definition) is 1. The summed E-state index contributed by atoms with van der Waals surface area (Å²) in [4.78, 5) is 0. The fourth-order valence-corrected chi connectivity index (χ4v) is 3.11. The number of rotatable bonds is 2. The topological polar surface area (TPSA) is 33.6 Å². The monoisotopic (exact) mass is 209 g/mol. The molecule has 0 radical (unpaired) electrons. The van der Waals surface area contributed by atoms with E-state index in [1.54, 1.807) is 0 Å². The molecule has 0 spiro atoms. The number of H-pyrrole nitrogens is 1. The molecule has 2 aliphatic rings. The van der Waals surface area contributed by atoms with Crippen LogP contribution in [-0.4, -0.2) is 14.8 Å². The summed E-state index contributed by atoms with van der Waals surface area (Å²) in [6.45, 7) is 3.09. The Morgan fingerprint density at radius 3 is 2.71 bits per heavy atom. The van der Waals surface area contributed by atoms with Gasteiger partial charge in [-0.15, -0.1) is 0 Å². The van der Waals surface area contributed by atoms with Gasteiger partial charge < -0.3 is 4.57 Å². The summed E-state index contributed by atoms with van der Waals surface area (Å²) < 4.78 is 2.92. The SMILES string of the molecule is Cc1n[nH]c(=S)n1CC1CC2CC2C1. The van der Waals surface area contributed by atoms with Crippen molar-refractivity contribution in [3.05, 3.63) is 10.6 Å². The number of aryl methyl sites for hydroxylation is 1. The molecule has 2 saturated carbocycles. The minimum atomic E-state index is 0.781. The highest BCUT2D eigenvalue weighted by Gasteiger charge is 2.45. The number of hydrogen-bond acceptors (Lipinski definition) is 2. The van der Waals surface area contributed by atoms with Crippen LogP contribution in [0.1, 0.15) is 25.1 Å². The molecule has 2 unspecified atom stereocenters. The van der Waals surface area contributed by atoms with Crippen LogP contribution in [0.25, 0.3) is 0 Å². The Morgan fingerprint density at radius 2 is 2.14 bits per heavy atom. The van der Waals surface area contributed by atoms with Crippen LogP contribution < -0.4 is 0 Å². The second-order valence-corrected chi connectivity index (χ2v) is 5.17. The molecule has 3 nitrogen and oxygen atoms in total. The zero-order chi connectivity index (χ0) is 9.71. The highest BCUT2D eigenvalue weighted by molar-refractivity contribution is 7.71. The Hall–Kier alpha value is -0.640. The minimum absolute atomic E-state index is 0.781. The van der Waals surface area contributed by atoms with E-state index in [2.05, 4.69) is 14.8 Å². The predicted molar refractivity (Wildman–Crippen MR) is 56.5 cm³/mol. The van der Waals surface area contributed by atoms with Crippen molar-refractivity contribution in [2.75, 3.05) is 0 Å². The van der Waals surface area contributed by atoms with Crippen LogP contribution in [0.15, 0.2) is 0 Å². The van der Waals surface area contributed by atoms with Gasteiger partial charge in [0.25, 0.3) is 0 Å². The van der Waals surface area contributed by atoms with E-state index in [-0.39, 0.29) is 0 Å². The molecule has 1 heterocycles. The van der Waals surface area contributed by atoms with E-state index in [4.69, 9.17) is 12.2 Å². The quantitative estimate of drug-likeness (QED) is 0.758. The number of aromatic nitrogens is 3. The first-order valence-corrected chi connectivity index (χ1v) is 5.76. The summed E-state index contributed by atoms with van der Waals surface area (Å²) in [6, 6.07) is 0. The lowest BCUT2D eigenvalue weighted by Gasteiger charge is -2.12. The fourth-order valence-electron chi connectivity index (χ4n) is 2.86. The Morgan fingerprint density at radius 1 is 1.43 bits per heavy atom. The second-order valence-electron chi connectivity index (χ2n) is 4.78. The molecule has 1 aromatic rings. The van der Waals surface area contributed by atoms with Crippen molar-refractivity contribution in [1.29, 1.82) is 0 Å². The standard InChI is InChI=1S/C10H15N3S/c1-6-11-12-10(14)13(6)5-7-2-8-4-9(8)3-7/h7-9H,2-5H2,1H3,(H,12,14). The lowest BCUT2D eigenvalue weighted by molar-refractivity contribution is 0.410. The summed E-state index contributed by atoms with van der Waals surface area (Å²) in [7, 11) is 0. The van der Waals surface area contributed by atoms with E-state index in [9.17, 15) is 0 Å². The van der Waals surface area contributed by atoms with Crippen LogP contribution in [0.3, 0.4) is 0 Å². The second kappa shape index (κ2) is 2.92. The van der Waals surface area contributed by atoms with Gasteiger partial charge in [0.05, 0.1) is 0 Å². The van der Waals surface area contributed by atoms with Crippen molar-refractivity contribution in [3.8, 4) is 0 Å². The highest BCUT2D eigenvalue weighted by Crippen LogP contribution is 2.54. The minimum Gasteiger partial charge on any atom is -0.304 e. The lowest BCUT2D eigenvalue weighted by Crippen LogP contribution is -2.10. The molecular weight excluding hydrogens is 194 g/mol. The molecule has 0 bridgehead atoms. The van der Waals surface area contributed by atoms with Crippen LogP contribution in [0.4, 0.5) is 0 Å². The van der Waals surface area contributed by atoms with Gasteiger partial charge >= 0.3 is 0 Å². The van der Waals surface area contributed by atoms with E-state index in [1.807, 2.05) is 6.92 Å². The van der Waals surface area contributed by atoms with Gasteiger partial charge in [-0.3, -0.25) is 5.10 Å².